The van der Waals surface area contributed by atoms with Crippen molar-refractivity contribution in [3.05, 3.63) is 95.0 Å². The number of carbonyl (C=O) groups excluding carboxylic acids is 2. The highest BCUT2D eigenvalue weighted by Crippen LogP contribution is 2.30. The zero-order valence-corrected chi connectivity index (χ0v) is 23.9. The zero-order chi connectivity index (χ0) is 28.4. The summed E-state index contributed by atoms with van der Waals surface area (Å²) in [4.78, 5) is 28.8. The van der Waals surface area contributed by atoms with Crippen molar-refractivity contribution in [1.29, 1.82) is 0 Å². The van der Waals surface area contributed by atoms with Gasteiger partial charge in [0.2, 0.25) is 21.8 Å². The molecule has 3 aromatic rings. The highest BCUT2D eigenvalue weighted by molar-refractivity contribution is 7.92. The molecular formula is C29H34ClN3O5S. The van der Waals surface area contributed by atoms with E-state index in [-0.39, 0.29) is 24.6 Å². The van der Waals surface area contributed by atoms with Crippen molar-refractivity contribution in [2.24, 2.45) is 0 Å². The minimum Gasteiger partial charge on any atom is -0.492 e. The number of anilines is 1. The van der Waals surface area contributed by atoms with Gasteiger partial charge in [0.05, 0.1) is 18.6 Å². The number of carbonyl (C=O) groups is 2. The molecule has 0 aliphatic carbocycles. The summed E-state index contributed by atoms with van der Waals surface area (Å²) in [5, 5.41) is 3.26. The molecule has 0 saturated heterocycles. The lowest BCUT2D eigenvalue weighted by atomic mass is 10.0. The Labute approximate surface area is 235 Å². The fourth-order valence-corrected chi connectivity index (χ4v) is 5.24. The van der Waals surface area contributed by atoms with Crippen molar-refractivity contribution in [1.82, 2.24) is 10.2 Å². The summed E-state index contributed by atoms with van der Waals surface area (Å²) in [6, 6.07) is 22.1. The maximum Gasteiger partial charge on any atom is 0.244 e. The smallest absolute Gasteiger partial charge is 0.244 e. The van der Waals surface area contributed by atoms with Crippen molar-refractivity contribution in [3.8, 4) is 5.75 Å². The van der Waals surface area contributed by atoms with E-state index in [9.17, 15) is 18.0 Å². The average Bonchev–Trinajstić information content (AvgIpc) is 2.91. The number of para-hydroxylation sites is 2. The molecule has 0 saturated carbocycles. The SMILES string of the molecule is CCNC(=O)C(Cc1ccccc1)N(Cc1ccccc1Cl)C(=O)CN(c1ccccc1OCC)S(C)(=O)=O. The topological polar surface area (TPSA) is 96.0 Å². The van der Waals surface area contributed by atoms with E-state index in [2.05, 4.69) is 5.32 Å². The zero-order valence-electron chi connectivity index (χ0n) is 22.3. The Morgan fingerprint density at radius 3 is 2.23 bits per heavy atom. The molecule has 0 radical (unpaired) electrons. The standard InChI is InChI=1S/C29H34ClN3O5S/c1-4-31-29(35)26(19-22-13-7-6-8-14-22)32(20-23-15-9-10-16-24(23)30)28(34)21-33(39(3,36)37)25-17-11-12-18-27(25)38-5-2/h6-18,26H,4-5,19-21H2,1-3H3,(H,31,35). The summed E-state index contributed by atoms with van der Waals surface area (Å²) in [5.74, 6) is -0.568. The third-order valence-corrected chi connectivity index (χ3v) is 7.53. The maximum absolute atomic E-state index is 14.1. The Kier molecular flexibility index (Phi) is 10.8. The number of hydrogen-bond acceptors (Lipinski definition) is 5. The average molecular weight is 572 g/mol. The molecule has 1 atom stereocenters. The quantitative estimate of drug-likeness (QED) is 0.330. The number of nitrogens with zero attached hydrogens (tertiary/aromatic N) is 2. The number of rotatable bonds is 13. The van der Waals surface area contributed by atoms with Crippen molar-refractivity contribution in [2.45, 2.75) is 32.9 Å². The van der Waals surface area contributed by atoms with Gasteiger partial charge >= 0.3 is 0 Å². The van der Waals surface area contributed by atoms with Gasteiger partial charge in [0.15, 0.2) is 0 Å². The molecule has 39 heavy (non-hydrogen) atoms. The summed E-state index contributed by atoms with van der Waals surface area (Å²) in [6.45, 7) is 3.76. The van der Waals surface area contributed by atoms with Crippen LogP contribution in [-0.2, 0) is 32.6 Å². The van der Waals surface area contributed by atoms with Gasteiger partial charge in [-0.25, -0.2) is 8.42 Å². The first-order valence-corrected chi connectivity index (χ1v) is 14.9. The molecule has 3 aromatic carbocycles. The molecule has 0 heterocycles. The molecule has 0 aromatic heterocycles. The van der Waals surface area contributed by atoms with Gasteiger partial charge in [-0.15, -0.1) is 0 Å². The van der Waals surface area contributed by atoms with Crippen molar-refractivity contribution in [3.63, 3.8) is 0 Å². The van der Waals surface area contributed by atoms with E-state index in [0.29, 0.717) is 29.5 Å². The Morgan fingerprint density at radius 2 is 1.59 bits per heavy atom. The molecule has 1 N–H and O–H groups in total. The Hall–Kier alpha value is -3.56. The van der Waals surface area contributed by atoms with Crippen LogP contribution >= 0.6 is 11.6 Å². The molecule has 3 rings (SSSR count). The van der Waals surface area contributed by atoms with Crippen LogP contribution in [0.25, 0.3) is 0 Å². The number of halogens is 1. The van der Waals surface area contributed by atoms with Gasteiger partial charge in [-0.1, -0.05) is 72.3 Å². The molecule has 10 heteroatoms. The Balaban J connectivity index is 2.07. The van der Waals surface area contributed by atoms with Gasteiger partial charge in [0.1, 0.15) is 18.3 Å². The van der Waals surface area contributed by atoms with Crippen LogP contribution in [0.5, 0.6) is 5.75 Å². The largest absolute Gasteiger partial charge is 0.492 e. The van der Waals surface area contributed by atoms with Crippen LogP contribution in [0.15, 0.2) is 78.9 Å². The Morgan fingerprint density at radius 1 is 0.949 bits per heavy atom. The van der Waals surface area contributed by atoms with Crippen LogP contribution in [0.1, 0.15) is 25.0 Å². The predicted octanol–water partition coefficient (Wildman–Crippen LogP) is 4.28. The van der Waals surface area contributed by atoms with Gasteiger partial charge in [0, 0.05) is 24.5 Å². The van der Waals surface area contributed by atoms with Gasteiger partial charge in [-0.05, 0) is 43.2 Å². The molecule has 2 amide bonds. The second-order valence-electron chi connectivity index (χ2n) is 8.88. The van der Waals surface area contributed by atoms with Gasteiger partial charge in [0.25, 0.3) is 0 Å². The van der Waals surface area contributed by atoms with E-state index in [1.165, 1.54) is 4.90 Å². The summed E-state index contributed by atoms with van der Waals surface area (Å²) in [5.41, 5.74) is 1.73. The van der Waals surface area contributed by atoms with Crippen LogP contribution in [0.4, 0.5) is 5.69 Å². The molecular weight excluding hydrogens is 538 g/mol. The van der Waals surface area contributed by atoms with Crippen LogP contribution in [0.3, 0.4) is 0 Å². The molecule has 0 bridgehead atoms. The third kappa shape index (κ3) is 8.21. The predicted molar refractivity (Wildman–Crippen MR) is 154 cm³/mol. The van der Waals surface area contributed by atoms with E-state index in [0.717, 1.165) is 16.1 Å². The van der Waals surface area contributed by atoms with Crippen LogP contribution in [-0.4, -0.2) is 57.1 Å². The lowest BCUT2D eigenvalue weighted by Crippen LogP contribution is -2.53. The molecule has 0 aliphatic rings. The first-order chi connectivity index (χ1) is 18.7. The second-order valence-corrected chi connectivity index (χ2v) is 11.2. The van der Waals surface area contributed by atoms with Gasteiger partial charge in [-0.2, -0.15) is 0 Å². The fraction of sp³-hybridized carbons (Fsp3) is 0.310. The first-order valence-electron chi connectivity index (χ1n) is 12.7. The van der Waals surface area contributed by atoms with Crippen LogP contribution < -0.4 is 14.4 Å². The van der Waals surface area contributed by atoms with E-state index in [1.807, 2.05) is 30.3 Å². The molecule has 208 valence electrons. The maximum atomic E-state index is 14.1. The van der Waals surface area contributed by atoms with E-state index < -0.39 is 28.5 Å². The van der Waals surface area contributed by atoms with E-state index >= 15 is 0 Å². The summed E-state index contributed by atoms with van der Waals surface area (Å²) in [6.07, 6.45) is 1.27. The van der Waals surface area contributed by atoms with Crippen molar-refractivity contribution < 1.29 is 22.7 Å². The summed E-state index contributed by atoms with van der Waals surface area (Å²) < 4.78 is 32.6. The number of amides is 2. The molecule has 0 spiro atoms. The van der Waals surface area contributed by atoms with Crippen LogP contribution in [0, 0.1) is 0 Å². The number of sulfonamides is 1. The third-order valence-electron chi connectivity index (χ3n) is 6.03. The number of benzene rings is 3. The normalized spacial score (nSPS) is 11.9. The minimum atomic E-state index is -3.90. The van der Waals surface area contributed by atoms with Gasteiger partial charge < -0.3 is 15.0 Å². The molecule has 0 aliphatic heterocycles. The monoisotopic (exact) mass is 571 g/mol. The molecule has 8 nitrogen and oxygen atoms in total. The van der Waals surface area contributed by atoms with Crippen molar-refractivity contribution in [2.75, 3.05) is 30.3 Å². The first kappa shape index (κ1) is 30.0. The number of likely N-dealkylation sites (N-methyl/N-ethyl adjacent to an activating group) is 1. The number of nitrogens with one attached hydrogen (secondary N) is 1. The fourth-order valence-electron chi connectivity index (χ4n) is 4.19. The second kappa shape index (κ2) is 14.0. The summed E-state index contributed by atoms with van der Waals surface area (Å²) in [7, 11) is -3.90. The molecule has 0 fully saturated rings. The van der Waals surface area contributed by atoms with Crippen LogP contribution in [0.2, 0.25) is 5.02 Å². The van der Waals surface area contributed by atoms with Gasteiger partial charge in [-0.3, -0.25) is 13.9 Å². The number of hydrogen-bond donors (Lipinski definition) is 1. The summed E-state index contributed by atoms with van der Waals surface area (Å²) >= 11 is 6.45. The highest BCUT2D eigenvalue weighted by Gasteiger charge is 2.33. The lowest BCUT2D eigenvalue weighted by molar-refractivity contribution is -0.140. The van der Waals surface area contributed by atoms with E-state index in [1.54, 1.807) is 62.4 Å². The number of ether oxygens (including phenoxy) is 1. The minimum absolute atomic E-state index is 0.0118. The van der Waals surface area contributed by atoms with Crippen molar-refractivity contribution >= 4 is 39.1 Å². The highest BCUT2D eigenvalue weighted by atomic mass is 35.5. The Bertz CT molecular complexity index is 1370. The molecule has 1 unspecified atom stereocenters. The lowest BCUT2D eigenvalue weighted by Gasteiger charge is -2.34. The van der Waals surface area contributed by atoms with E-state index in [4.69, 9.17) is 16.3 Å².